The van der Waals surface area contributed by atoms with E-state index in [2.05, 4.69) is 35.8 Å². The van der Waals surface area contributed by atoms with Gasteiger partial charge >= 0.3 is 25.7 Å². The molecule has 348 valence electrons. The Morgan fingerprint density at radius 3 is 1.87 bits per heavy atom. The average molecular weight is 882 g/mol. The molecule has 0 saturated heterocycles. The summed E-state index contributed by atoms with van der Waals surface area (Å²) in [6, 6.07) is -1.58. The van der Waals surface area contributed by atoms with E-state index < -0.39 is 76.0 Å². The van der Waals surface area contributed by atoms with E-state index in [1.165, 1.54) is 25.3 Å². The Balaban J connectivity index is 4.70. The van der Waals surface area contributed by atoms with E-state index in [1.54, 1.807) is 42.5 Å². The Labute approximate surface area is 364 Å². The molecule has 7 N–H and O–H groups in total. The van der Waals surface area contributed by atoms with Gasteiger partial charge < -0.3 is 40.5 Å². The smallest absolute Gasteiger partial charge is 0.472 e. The van der Waals surface area contributed by atoms with E-state index in [4.69, 9.17) is 24.8 Å². The van der Waals surface area contributed by atoms with Crippen molar-refractivity contribution in [2.45, 2.75) is 166 Å². The van der Waals surface area contributed by atoms with Crippen molar-refractivity contribution in [1.29, 1.82) is 0 Å². The number of esters is 2. The highest BCUT2D eigenvalue weighted by molar-refractivity contribution is 7.47. The van der Waals surface area contributed by atoms with Gasteiger partial charge in [-0.2, -0.15) is 0 Å². The van der Waals surface area contributed by atoms with Crippen LogP contribution in [-0.4, -0.2) is 93.5 Å². The molecule has 0 amide bonds. The van der Waals surface area contributed by atoms with Crippen molar-refractivity contribution in [2.24, 2.45) is 5.73 Å². The topological polar surface area (TPSA) is 232 Å². The minimum absolute atomic E-state index is 0.0734. The van der Waals surface area contributed by atoms with Gasteiger partial charge in [-0.3, -0.25) is 23.4 Å². The fourth-order valence-corrected chi connectivity index (χ4v) is 6.15. The molecule has 15 heteroatoms. The van der Waals surface area contributed by atoms with Crippen LogP contribution in [0.4, 0.5) is 0 Å². The van der Waals surface area contributed by atoms with Gasteiger partial charge in [-0.05, 0) is 64.2 Å². The van der Waals surface area contributed by atoms with Gasteiger partial charge in [0.15, 0.2) is 6.10 Å². The molecule has 0 aliphatic carbocycles. The van der Waals surface area contributed by atoms with Crippen molar-refractivity contribution in [3.63, 3.8) is 0 Å². The Morgan fingerprint density at radius 1 is 0.656 bits per heavy atom. The summed E-state index contributed by atoms with van der Waals surface area (Å²) in [4.78, 5) is 46.0. The molecule has 61 heavy (non-hydrogen) atoms. The van der Waals surface area contributed by atoms with Crippen molar-refractivity contribution in [3.8, 4) is 0 Å². The number of nitrogens with two attached hydrogens (primary N) is 1. The molecule has 0 aromatic heterocycles. The van der Waals surface area contributed by atoms with Crippen molar-refractivity contribution in [1.82, 2.24) is 0 Å². The van der Waals surface area contributed by atoms with Crippen LogP contribution < -0.4 is 5.73 Å². The number of unbranched alkanes of at least 4 members (excludes halogenated alkanes) is 10. The van der Waals surface area contributed by atoms with Crippen LogP contribution in [0.1, 0.15) is 136 Å². The highest BCUT2D eigenvalue weighted by atomic mass is 31.2. The van der Waals surface area contributed by atoms with E-state index in [9.17, 15) is 39.2 Å². The highest BCUT2D eigenvalue weighted by Crippen LogP contribution is 2.43. The second kappa shape index (κ2) is 39.4. The normalized spacial score (nSPS) is 16.0. The molecular weight excluding hydrogens is 805 g/mol. The first-order valence-electron chi connectivity index (χ1n) is 21.9. The number of ether oxygens (including phenoxy) is 2. The molecule has 0 saturated carbocycles. The predicted molar refractivity (Wildman–Crippen MR) is 239 cm³/mol. The van der Waals surface area contributed by atoms with Crippen LogP contribution in [0.5, 0.6) is 0 Å². The largest absolute Gasteiger partial charge is 0.480 e. The lowest BCUT2D eigenvalue weighted by atomic mass is 10.1. The summed E-state index contributed by atoms with van der Waals surface area (Å²) in [6.45, 7) is 2.21. The number of carbonyl (C=O) groups is 3. The second-order valence-corrected chi connectivity index (χ2v) is 16.1. The Morgan fingerprint density at radius 2 is 1.23 bits per heavy atom. The van der Waals surface area contributed by atoms with Crippen LogP contribution in [0, 0.1) is 0 Å². The van der Waals surface area contributed by atoms with Crippen LogP contribution in [0.15, 0.2) is 85.1 Å². The zero-order valence-corrected chi connectivity index (χ0v) is 37.4. The van der Waals surface area contributed by atoms with Crippen molar-refractivity contribution < 1.29 is 62.8 Å². The third kappa shape index (κ3) is 38.0. The summed E-state index contributed by atoms with van der Waals surface area (Å²) in [7, 11) is -4.81. The molecule has 6 atom stereocenters. The fraction of sp³-hybridized carbons (Fsp3) is 0.630. The first-order chi connectivity index (χ1) is 29.3. The fourth-order valence-electron chi connectivity index (χ4n) is 5.38. The van der Waals surface area contributed by atoms with Crippen LogP contribution in [0.3, 0.4) is 0 Å². The van der Waals surface area contributed by atoms with Crippen molar-refractivity contribution >= 4 is 25.7 Å². The number of phosphoric ester groups is 1. The van der Waals surface area contributed by atoms with Gasteiger partial charge in [-0.15, -0.1) is 0 Å². The van der Waals surface area contributed by atoms with Crippen molar-refractivity contribution in [2.75, 3.05) is 19.8 Å². The summed E-state index contributed by atoms with van der Waals surface area (Å²) < 4.78 is 32.5. The number of rotatable bonds is 39. The molecule has 0 spiro atoms. The lowest BCUT2D eigenvalue weighted by Gasteiger charge is -2.20. The minimum Gasteiger partial charge on any atom is -0.480 e. The summed E-state index contributed by atoms with van der Waals surface area (Å²) in [5.41, 5.74) is 5.31. The Hall–Kier alpha value is -3.46. The van der Waals surface area contributed by atoms with E-state index in [-0.39, 0.29) is 25.7 Å². The maximum Gasteiger partial charge on any atom is 0.472 e. The first-order valence-corrected chi connectivity index (χ1v) is 23.4. The summed E-state index contributed by atoms with van der Waals surface area (Å²) >= 11 is 0. The van der Waals surface area contributed by atoms with Gasteiger partial charge in [0.25, 0.3) is 0 Å². The van der Waals surface area contributed by atoms with E-state index in [1.807, 2.05) is 19.1 Å². The number of phosphoric acid groups is 1. The molecule has 0 heterocycles. The molecule has 0 aliphatic rings. The molecule has 0 aromatic carbocycles. The number of carbonyl (C=O) groups excluding carboxylic acids is 2. The van der Waals surface area contributed by atoms with Gasteiger partial charge in [0.2, 0.25) is 0 Å². The summed E-state index contributed by atoms with van der Waals surface area (Å²) in [5.74, 6) is -2.77. The molecule has 0 fully saturated rings. The SMILES string of the molecule is CC/C=C\C[C@@H](O)/C=C/C=C/C=C\C=C/[C@H](O)[C@@H](O)CCCC(=O)OC[C@H](COP(=O)(O)OC[C@H](N)C(=O)O)OC(=O)CCCCCCCCC/C=C\C/C=C\CCCCC. The molecule has 0 aromatic rings. The third-order valence-corrected chi connectivity index (χ3v) is 9.92. The minimum atomic E-state index is -4.81. The van der Waals surface area contributed by atoms with Gasteiger partial charge in [0, 0.05) is 12.8 Å². The molecule has 14 nitrogen and oxygen atoms in total. The number of hydrogen-bond donors (Lipinski definition) is 6. The molecule has 0 aliphatic heterocycles. The third-order valence-electron chi connectivity index (χ3n) is 8.97. The Kier molecular flexibility index (Phi) is 37.2. The number of hydrogen-bond acceptors (Lipinski definition) is 12. The Bertz CT molecular complexity index is 1410. The quantitative estimate of drug-likeness (QED) is 0.0112. The van der Waals surface area contributed by atoms with Crippen LogP contribution in [0.2, 0.25) is 0 Å². The number of aliphatic carboxylic acids is 1. The van der Waals surface area contributed by atoms with Gasteiger partial charge in [0.05, 0.1) is 31.5 Å². The standard InChI is InChI=1S/C46H76NO13P/c1-3-5-7-8-9-10-11-12-13-14-15-16-17-18-19-24-28-34-45(52)60-40(37-58-61(55,56)59-38-41(47)46(53)54)36-57-44(51)35-29-33-43(50)42(49)32-27-23-21-20-22-26-31-39(48)30-25-6-4-2/h6,9-10,12-13,20-23,25-27,31-32,39-43,48-50H,3-5,7-8,11,14-19,24,28-30,33-38,47H2,1-2H3,(H,53,54)(H,55,56)/b10-9-,13-12-,22-20+,23-21-,25-6-,31-26+,32-27-/t39-,40-,41+,42+,43+/m1/s1. The van der Waals surface area contributed by atoms with Gasteiger partial charge in [-0.25, -0.2) is 4.57 Å². The zero-order valence-electron chi connectivity index (χ0n) is 36.6. The number of carboxylic acids is 1. The van der Waals surface area contributed by atoms with Gasteiger partial charge in [-0.1, -0.05) is 144 Å². The number of aliphatic hydroxyl groups is 3. The monoisotopic (exact) mass is 882 g/mol. The molecule has 0 radical (unpaired) electrons. The highest BCUT2D eigenvalue weighted by Gasteiger charge is 2.28. The lowest BCUT2D eigenvalue weighted by Crippen LogP contribution is -2.34. The van der Waals surface area contributed by atoms with E-state index >= 15 is 0 Å². The number of aliphatic hydroxyl groups excluding tert-OH is 3. The molecule has 0 rings (SSSR count). The van der Waals surface area contributed by atoms with Gasteiger partial charge in [0.1, 0.15) is 12.6 Å². The molecular formula is C46H76NO13P. The van der Waals surface area contributed by atoms with Crippen molar-refractivity contribution in [3.05, 3.63) is 85.1 Å². The first kappa shape index (κ1) is 57.5. The predicted octanol–water partition coefficient (Wildman–Crippen LogP) is 8.41. The molecule has 0 bridgehead atoms. The zero-order chi connectivity index (χ0) is 45.4. The number of allylic oxidation sites excluding steroid dienone is 11. The summed E-state index contributed by atoms with van der Waals surface area (Å²) in [6.07, 6.45) is 37.3. The average Bonchev–Trinajstić information content (AvgIpc) is 3.22. The second-order valence-electron chi connectivity index (χ2n) is 14.7. The van der Waals surface area contributed by atoms with E-state index in [0.29, 0.717) is 12.8 Å². The van der Waals surface area contributed by atoms with E-state index in [0.717, 1.165) is 64.2 Å². The maximum absolute atomic E-state index is 12.6. The van der Waals surface area contributed by atoms with Crippen LogP contribution in [0.25, 0.3) is 0 Å². The summed E-state index contributed by atoms with van der Waals surface area (Å²) in [5, 5.41) is 39.3. The van der Waals surface area contributed by atoms with Crippen LogP contribution >= 0.6 is 7.82 Å². The maximum atomic E-state index is 12.6. The van der Waals surface area contributed by atoms with Crippen LogP contribution in [-0.2, 0) is 37.5 Å². The molecule has 1 unspecified atom stereocenters. The lowest BCUT2D eigenvalue weighted by molar-refractivity contribution is -0.161. The number of carboxylic acid groups (broad SMARTS) is 1.